The van der Waals surface area contributed by atoms with Crippen LogP contribution in [-0.4, -0.2) is 16.5 Å². The Hall–Kier alpha value is -1.68. The Bertz CT molecular complexity index is 694. The minimum atomic E-state index is 0.0945. The monoisotopic (exact) mass is 314 g/mol. The predicted molar refractivity (Wildman–Crippen MR) is 90.3 cm³/mol. The second kappa shape index (κ2) is 7.05. The van der Waals surface area contributed by atoms with Gasteiger partial charge in [-0.25, -0.2) is 0 Å². The summed E-state index contributed by atoms with van der Waals surface area (Å²) in [6.45, 7) is 2.05. The van der Waals surface area contributed by atoms with Crippen molar-refractivity contribution in [2.75, 3.05) is 0 Å². The molecule has 22 heavy (non-hydrogen) atoms. The van der Waals surface area contributed by atoms with E-state index < -0.39 is 0 Å². The van der Waals surface area contributed by atoms with Crippen LogP contribution in [0.25, 0.3) is 0 Å². The van der Waals surface area contributed by atoms with Crippen LogP contribution in [0.3, 0.4) is 0 Å². The smallest absolute Gasteiger partial charge is 0.237 e. The van der Waals surface area contributed by atoms with E-state index in [1.165, 1.54) is 19.3 Å². The zero-order valence-electron chi connectivity index (χ0n) is 13.0. The minimum Gasteiger partial charge on any atom is -0.274 e. The van der Waals surface area contributed by atoms with E-state index in [9.17, 15) is 4.79 Å². The number of nitrogens with zero attached hydrogens (tertiary/aromatic N) is 2. The molecule has 0 saturated heterocycles. The van der Waals surface area contributed by atoms with Crippen molar-refractivity contribution in [2.24, 2.45) is 4.99 Å². The second-order valence-electron chi connectivity index (χ2n) is 6.00. The van der Waals surface area contributed by atoms with Gasteiger partial charge < -0.3 is 0 Å². The van der Waals surface area contributed by atoms with E-state index in [0.717, 1.165) is 28.8 Å². The first-order valence-electron chi connectivity index (χ1n) is 8.01. The Morgan fingerprint density at radius 3 is 2.86 bits per heavy atom. The van der Waals surface area contributed by atoms with E-state index >= 15 is 0 Å². The molecule has 3 nitrogen and oxygen atoms in total. The molecule has 1 fully saturated rings. The maximum absolute atomic E-state index is 12.6. The van der Waals surface area contributed by atoms with Crippen LogP contribution in [0.2, 0.25) is 0 Å². The average molecular weight is 314 g/mol. The summed E-state index contributed by atoms with van der Waals surface area (Å²) in [7, 11) is 0. The van der Waals surface area contributed by atoms with Gasteiger partial charge in [0.15, 0.2) is 0 Å². The highest BCUT2D eigenvalue weighted by Gasteiger charge is 2.13. The fourth-order valence-electron chi connectivity index (χ4n) is 2.94. The molecule has 1 aliphatic rings. The number of thiophene rings is 1. The van der Waals surface area contributed by atoms with E-state index in [1.54, 1.807) is 15.9 Å². The molecule has 0 aliphatic heterocycles. The molecule has 2 aromatic heterocycles. The Morgan fingerprint density at radius 1 is 1.32 bits per heavy atom. The molecule has 0 N–H and O–H groups in total. The number of hydrogen-bond donors (Lipinski definition) is 0. The van der Waals surface area contributed by atoms with Crippen LogP contribution in [0, 0.1) is 6.92 Å². The molecule has 4 heteroatoms. The molecule has 0 atom stereocenters. The highest BCUT2D eigenvalue weighted by molar-refractivity contribution is 7.10. The molecule has 0 spiro atoms. The summed E-state index contributed by atoms with van der Waals surface area (Å²) in [5, 5.41) is 2.01. The lowest BCUT2D eigenvalue weighted by molar-refractivity contribution is 0.0909. The summed E-state index contributed by atoms with van der Waals surface area (Å²) >= 11 is 1.63. The van der Waals surface area contributed by atoms with Crippen LogP contribution in [0.4, 0.5) is 0 Å². The quantitative estimate of drug-likeness (QED) is 0.844. The summed E-state index contributed by atoms with van der Waals surface area (Å²) < 4.78 is 1.72. The Kier molecular flexibility index (Phi) is 4.88. The first-order chi connectivity index (χ1) is 10.7. The number of carbonyl (C=O) groups is 1. The largest absolute Gasteiger partial charge is 0.274 e. The molecule has 0 bridgehead atoms. The van der Waals surface area contributed by atoms with E-state index in [4.69, 9.17) is 4.99 Å². The lowest BCUT2D eigenvalue weighted by atomic mass is 9.96. The third kappa shape index (κ3) is 3.74. The fraction of sp³-hybridized carbons (Fsp3) is 0.444. The van der Waals surface area contributed by atoms with E-state index in [0.29, 0.717) is 12.5 Å². The standard InChI is InChI=1S/C18H22N2OS/c1-14-9-10-20(18(21)13-16-8-5-11-22-16)17(12-14)19-15-6-3-2-4-7-15/h5,8-12,15H,2-4,6-7,13H2,1H3. The number of aryl methyl sites for hydroxylation is 1. The van der Waals surface area contributed by atoms with Crippen LogP contribution < -0.4 is 5.49 Å². The summed E-state index contributed by atoms with van der Waals surface area (Å²) in [4.78, 5) is 18.6. The van der Waals surface area contributed by atoms with E-state index in [-0.39, 0.29) is 5.91 Å². The number of pyridine rings is 1. The van der Waals surface area contributed by atoms with Crippen LogP contribution >= 0.6 is 11.3 Å². The van der Waals surface area contributed by atoms with Gasteiger partial charge in [-0.15, -0.1) is 11.3 Å². The van der Waals surface area contributed by atoms with Crippen LogP contribution in [-0.2, 0) is 6.42 Å². The van der Waals surface area contributed by atoms with E-state index in [1.807, 2.05) is 42.8 Å². The predicted octanol–water partition coefficient (Wildman–Crippen LogP) is 3.97. The number of aromatic nitrogens is 1. The van der Waals surface area contributed by atoms with Crippen molar-refractivity contribution in [1.29, 1.82) is 0 Å². The van der Waals surface area contributed by atoms with Gasteiger partial charge in [-0.2, -0.15) is 0 Å². The third-order valence-corrected chi connectivity index (χ3v) is 5.03. The van der Waals surface area contributed by atoms with Gasteiger partial charge in [-0.3, -0.25) is 14.4 Å². The number of rotatable bonds is 3. The highest BCUT2D eigenvalue weighted by Crippen LogP contribution is 2.19. The molecule has 2 aromatic rings. The van der Waals surface area contributed by atoms with Crippen molar-refractivity contribution < 1.29 is 4.79 Å². The normalized spacial score (nSPS) is 16.9. The zero-order chi connectivity index (χ0) is 15.4. The molecule has 0 unspecified atom stereocenters. The van der Waals surface area contributed by atoms with Gasteiger partial charge in [0, 0.05) is 11.1 Å². The SMILES string of the molecule is Cc1ccn(C(=O)Cc2cccs2)c(=NC2CCCCC2)c1. The Morgan fingerprint density at radius 2 is 2.14 bits per heavy atom. The second-order valence-corrected chi connectivity index (χ2v) is 7.04. The third-order valence-electron chi connectivity index (χ3n) is 4.15. The molecule has 2 heterocycles. The summed E-state index contributed by atoms with van der Waals surface area (Å²) in [6, 6.07) is 8.37. The number of carbonyl (C=O) groups excluding carboxylic acids is 1. The molecule has 0 aromatic carbocycles. The first-order valence-corrected chi connectivity index (χ1v) is 8.89. The summed E-state index contributed by atoms with van der Waals surface area (Å²) in [5.41, 5.74) is 1.96. The molecule has 3 rings (SSSR count). The van der Waals surface area contributed by atoms with Gasteiger partial charge >= 0.3 is 0 Å². The van der Waals surface area contributed by atoms with Gasteiger partial charge in [-0.05, 0) is 48.9 Å². The molecule has 0 radical (unpaired) electrons. The minimum absolute atomic E-state index is 0.0945. The highest BCUT2D eigenvalue weighted by atomic mass is 32.1. The molecule has 0 amide bonds. The van der Waals surface area contributed by atoms with Crippen LogP contribution in [0.5, 0.6) is 0 Å². The van der Waals surface area contributed by atoms with Crippen LogP contribution in [0.15, 0.2) is 40.8 Å². The lowest BCUT2D eigenvalue weighted by Gasteiger charge is -2.18. The Balaban J connectivity index is 1.89. The van der Waals surface area contributed by atoms with Gasteiger partial charge in [0.05, 0.1) is 12.5 Å². The molecular weight excluding hydrogens is 292 g/mol. The summed E-state index contributed by atoms with van der Waals surface area (Å²) in [6.07, 6.45) is 8.43. The molecule has 1 aliphatic carbocycles. The zero-order valence-corrected chi connectivity index (χ0v) is 13.8. The maximum atomic E-state index is 12.6. The molecule has 1 saturated carbocycles. The molecule has 116 valence electrons. The van der Waals surface area contributed by atoms with Crippen molar-refractivity contribution >= 4 is 17.2 Å². The van der Waals surface area contributed by atoms with Crippen molar-refractivity contribution in [3.8, 4) is 0 Å². The fourth-order valence-corrected chi connectivity index (χ4v) is 3.64. The lowest BCUT2D eigenvalue weighted by Crippen LogP contribution is -2.30. The van der Waals surface area contributed by atoms with Crippen molar-refractivity contribution in [3.63, 3.8) is 0 Å². The van der Waals surface area contributed by atoms with Gasteiger partial charge in [0.2, 0.25) is 5.91 Å². The Labute approximate surface area is 135 Å². The topological polar surface area (TPSA) is 34.4 Å². The number of hydrogen-bond acceptors (Lipinski definition) is 3. The summed E-state index contributed by atoms with van der Waals surface area (Å²) in [5.74, 6) is 0.0945. The van der Waals surface area contributed by atoms with Gasteiger partial charge in [0.25, 0.3) is 0 Å². The average Bonchev–Trinajstić information content (AvgIpc) is 3.01. The van der Waals surface area contributed by atoms with Crippen molar-refractivity contribution in [2.45, 2.75) is 51.5 Å². The maximum Gasteiger partial charge on any atom is 0.237 e. The first kappa shape index (κ1) is 15.2. The van der Waals surface area contributed by atoms with Crippen LogP contribution in [0.1, 0.15) is 47.3 Å². The van der Waals surface area contributed by atoms with Crippen molar-refractivity contribution in [3.05, 3.63) is 51.8 Å². The van der Waals surface area contributed by atoms with Gasteiger partial charge in [-0.1, -0.05) is 25.3 Å². The molecular formula is C18H22N2OS. The van der Waals surface area contributed by atoms with Crippen molar-refractivity contribution in [1.82, 2.24) is 4.57 Å². The van der Waals surface area contributed by atoms with Gasteiger partial charge in [0.1, 0.15) is 5.49 Å². The van der Waals surface area contributed by atoms with E-state index in [2.05, 4.69) is 0 Å².